The summed E-state index contributed by atoms with van der Waals surface area (Å²) in [7, 11) is 0. The van der Waals surface area contributed by atoms with Crippen LogP contribution < -0.4 is 5.73 Å². The second-order valence-corrected chi connectivity index (χ2v) is 6.00. The minimum atomic E-state index is 0.439. The van der Waals surface area contributed by atoms with Crippen molar-refractivity contribution in [1.82, 2.24) is 20.2 Å². The summed E-state index contributed by atoms with van der Waals surface area (Å²) in [5.74, 6) is 1.51. The first-order valence-electron chi connectivity index (χ1n) is 6.45. The lowest BCUT2D eigenvalue weighted by Crippen LogP contribution is -2.04. The Labute approximate surface area is 120 Å². The van der Waals surface area contributed by atoms with Crippen LogP contribution in [0, 0.1) is 12.8 Å². The summed E-state index contributed by atoms with van der Waals surface area (Å²) >= 11 is 3.48. The first-order valence-corrected chi connectivity index (χ1v) is 7.25. The minimum absolute atomic E-state index is 0.439. The molecule has 19 heavy (non-hydrogen) atoms. The van der Waals surface area contributed by atoms with Gasteiger partial charge in [0.2, 0.25) is 0 Å². The van der Waals surface area contributed by atoms with Gasteiger partial charge in [-0.25, -0.2) is 4.68 Å². The molecule has 1 aromatic heterocycles. The molecule has 1 saturated carbocycles. The first-order chi connectivity index (χ1) is 9.11. The summed E-state index contributed by atoms with van der Waals surface area (Å²) in [6.45, 7) is 4.21. The topological polar surface area (TPSA) is 69.6 Å². The largest absolute Gasteiger partial charge is 0.398 e. The van der Waals surface area contributed by atoms with Crippen molar-refractivity contribution in [2.45, 2.75) is 32.7 Å². The fourth-order valence-corrected chi connectivity index (χ4v) is 2.97. The quantitative estimate of drug-likeness (QED) is 0.882. The monoisotopic (exact) mass is 321 g/mol. The zero-order chi connectivity index (χ0) is 13.6. The number of anilines is 1. The maximum Gasteiger partial charge on any atom is 0.182 e. The number of aromatic nitrogens is 4. The van der Waals surface area contributed by atoms with Crippen LogP contribution in [0.3, 0.4) is 0 Å². The average molecular weight is 322 g/mol. The van der Waals surface area contributed by atoms with E-state index in [4.69, 9.17) is 5.73 Å². The third-order valence-electron chi connectivity index (χ3n) is 3.87. The molecule has 5 nitrogen and oxygen atoms in total. The molecule has 0 radical (unpaired) electrons. The number of halogens is 1. The van der Waals surface area contributed by atoms with E-state index in [1.807, 2.05) is 23.7 Å². The van der Waals surface area contributed by atoms with E-state index in [9.17, 15) is 0 Å². The summed E-state index contributed by atoms with van der Waals surface area (Å²) in [6, 6.07) is 4.37. The van der Waals surface area contributed by atoms with Gasteiger partial charge in [-0.3, -0.25) is 0 Å². The third kappa shape index (κ3) is 2.14. The Balaban J connectivity index is 2.06. The van der Waals surface area contributed by atoms with Crippen LogP contribution in [-0.2, 0) is 0 Å². The van der Waals surface area contributed by atoms with Crippen molar-refractivity contribution >= 4 is 21.6 Å². The predicted molar refractivity (Wildman–Crippen MR) is 77.5 cm³/mol. The fraction of sp³-hybridized carbons (Fsp3) is 0.462. The predicted octanol–water partition coefficient (Wildman–Crippen LogP) is 2.96. The number of hydrogen-bond acceptors (Lipinski definition) is 4. The van der Waals surface area contributed by atoms with Gasteiger partial charge < -0.3 is 5.73 Å². The number of nitrogen functional groups attached to an aromatic ring is 1. The van der Waals surface area contributed by atoms with Crippen molar-refractivity contribution in [2.75, 3.05) is 5.73 Å². The second kappa shape index (κ2) is 4.59. The van der Waals surface area contributed by atoms with Gasteiger partial charge in [-0.2, -0.15) is 0 Å². The van der Waals surface area contributed by atoms with E-state index in [-0.39, 0.29) is 0 Å². The zero-order valence-corrected chi connectivity index (χ0v) is 12.6. The van der Waals surface area contributed by atoms with Crippen molar-refractivity contribution in [3.05, 3.63) is 22.2 Å². The molecule has 3 rings (SSSR count). The van der Waals surface area contributed by atoms with E-state index >= 15 is 0 Å². The highest BCUT2D eigenvalue weighted by atomic mass is 79.9. The van der Waals surface area contributed by atoms with Gasteiger partial charge in [0.05, 0.1) is 6.04 Å². The van der Waals surface area contributed by atoms with Gasteiger partial charge in [0.1, 0.15) is 0 Å². The minimum Gasteiger partial charge on any atom is -0.398 e. The molecular formula is C13H16BrN5. The third-order valence-corrected chi connectivity index (χ3v) is 4.33. The van der Waals surface area contributed by atoms with Gasteiger partial charge in [-0.1, -0.05) is 29.3 Å². The Kier molecular flexibility index (Phi) is 3.05. The lowest BCUT2D eigenvalue weighted by molar-refractivity contribution is 0.563. The van der Waals surface area contributed by atoms with E-state index in [1.54, 1.807) is 0 Å². The molecule has 2 aromatic rings. The molecule has 1 aromatic carbocycles. The van der Waals surface area contributed by atoms with Crippen molar-refractivity contribution in [1.29, 1.82) is 0 Å². The summed E-state index contributed by atoms with van der Waals surface area (Å²) in [6.07, 6.45) is 2.33. The molecule has 1 aliphatic carbocycles. The fourth-order valence-electron chi connectivity index (χ4n) is 2.50. The first kappa shape index (κ1) is 12.6. The van der Waals surface area contributed by atoms with Crippen LogP contribution >= 0.6 is 15.9 Å². The van der Waals surface area contributed by atoms with Crippen molar-refractivity contribution in [3.8, 4) is 11.4 Å². The molecule has 1 heterocycles. The standard InChI is InChI=1S/C13H16BrN5/c1-3-8-4-12(8)19-13(16-17-18-19)10-5-9(14)6-11(15)7(10)2/h5-6,8,12H,3-4,15H2,1-2H3. The molecule has 1 fully saturated rings. The molecule has 2 atom stereocenters. The summed E-state index contributed by atoms with van der Waals surface area (Å²) < 4.78 is 2.89. The van der Waals surface area contributed by atoms with Crippen LogP contribution in [0.1, 0.15) is 31.4 Å². The van der Waals surface area contributed by atoms with Crippen LogP contribution in [0.25, 0.3) is 11.4 Å². The van der Waals surface area contributed by atoms with Gasteiger partial charge in [-0.15, -0.1) is 5.10 Å². The van der Waals surface area contributed by atoms with Crippen molar-refractivity contribution in [3.63, 3.8) is 0 Å². The van der Waals surface area contributed by atoms with Crippen LogP contribution in [-0.4, -0.2) is 20.2 Å². The number of tetrazole rings is 1. The van der Waals surface area contributed by atoms with E-state index < -0.39 is 0 Å². The summed E-state index contributed by atoms with van der Waals surface area (Å²) in [5, 5.41) is 12.2. The maximum atomic E-state index is 6.01. The lowest BCUT2D eigenvalue weighted by atomic mass is 10.1. The average Bonchev–Trinajstić information content (AvgIpc) is 3.01. The van der Waals surface area contributed by atoms with Gasteiger partial charge in [0.15, 0.2) is 5.82 Å². The van der Waals surface area contributed by atoms with Crippen LogP contribution in [0.15, 0.2) is 16.6 Å². The molecule has 0 bridgehead atoms. The highest BCUT2D eigenvalue weighted by molar-refractivity contribution is 9.10. The highest BCUT2D eigenvalue weighted by Crippen LogP contribution is 2.46. The molecule has 1 aliphatic rings. The summed E-state index contributed by atoms with van der Waals surface area (Å²) in [4.78, 5) is 0. The van der Waals surface area contributed by atoms with Crippen molar-refractivity contribution < 1.29 is 0 Å². The Morgan fingerprint density at radius 1 is 1.47 bits per heavy atom. The summed E-state index contributed by atoms with van der Waals surface area (Å²) in [5.41, 5.74) is 8.79. The molecule has 6 heteroatoms. The Morgan fingerprint density at radius 3 is 2.95 bits per heavy atom. The van der Waals surface area contributed by atoms with E-state index in [1.165, 1.54) is 6.42 Å². The van der Waals surface area contributed by atoms with Crippen LogP contribution in [0.4, 0.5) is 5.69 Å². The van der Waals surface area contributed by atoms with Crippen molar-refractivity contribution in [2.24, 2.45) is 5.92 Å². The second-order valence-electron chi connectivity index (χ2n) is 5.09. The van der Waals surface area contributed by atoms with Gasteiger partial charge >= 0.3 is 0 Å². The van der Waals surface area contributed by atoms with E-state index in [2.05, 4.69) is 38.4 Å². The molecule has 0 spiro atoms. The van der Waals surface area contributed by atoms with Gasteiger partial charge in [-0.05, 0) is 47.4 Å². The maximum absolute atomic E-state index is 6.01. The molecule has 0 aliphatic heterocycles. The molecule has 100 valence electrons. The number of rotatable bonds is 3. The lowest BCUT2D eigenvalue weighted by Gasteiger charge is -2.09. The molecule has 2 unspecified atom stereocenters. The molecular weight excluding hydrogens is 306 g/mol. The Morgan fingerprint density at radius 2 is 2.26 bits per heavy atom. The Hall–Kier alpha value is -1.43. The number of hydrogen-bond donors (Lipinski definition) is 1. The Bertz CT molecular complexity index is 621. The highest BCUT2D eigenvalue weighted by Gasteiger charge is 2.39. The smallest absolute Gasteiger partial charge is 0.182 e. The molecule has 0 amide bonds. The SMILES string of the molecule is CCC1CC1n1nnnc1-c1cc(Br)cc(N)c1C. The van der Waals surface area contributed by atoms with Crippen LogP contribution in [0.2, 0.25) is 0 Å². The number of nitrogens with zero attached hydrogens (tertiary/aromatic N) is 4. The van der Waals surface area contributed by atoms with E-state index in [0.717, 1.165) is 33.5 Å². The molecule has 0 saturated heterocycles. The zero-order valence-electron chi connectivity index (χ0n) is 11.0. The van der Waals surface area contributed by atoms with Gasteiger partial charge in [0.25, 0.3) is 0 Å². The van der Waals surface area contributed by atoms with Gasteiger partial charge in [0, 0.05) is 15.7 Å². The molecule has 2 N–H and O–H groups in total. The van der Waals surface area contributed by atoms with Crippen LogP contribution in [0.5, 0.6) is 0 Å². The van der Waals surface area contributed by atoms with E-state index in [0.29, 0.717) is 12.0 Å². The number of benzene rings is 1. The normalized spacial score (nSPS) is 21.6. The number of nitrogens with two attached hydrogens (primary N) is 1.